The monoisotopic (exact) mass is 354 g/mol. The first-order chi connectivity index (χ1) is 10.2. The highest BCUT2D eigenvalue weighted by atomic mass is 79.9. The van der Waals surface area contributed by atoms with Gasteiger partial charge in [0.25, 0.3) is 0 Å². The summed E-state index contributed by atoms with van der Waals surface area (Å²) in [5, 5.41) is 7.70. The van der Waals surface area contributed by atoms with E-state index in [-0.39, 0.29) is 11.8 Å². The third kappa shape index (κ3) is 2.63. The molecular formula is C15H23BrN4O. The first kappa shape index (κ1) is 15.0. The van der Waals surface area contributed by atoms with Gasteiger partial charge in [-0.2, -0.15) is 5.10 Å². The molecule has 0 aromatic carbocycles. The molecule has 5 nitrogen and oxygen atoms in total. The van der Waals surface area contributed by atoms with Crippen molar-refractivity contribution in [2.24, 2.45) is 5.92 Å². The maximum atomic E-state index is 11.9. The fourth-order valence-electron chi connectivity index (χ4n) is 3.60. The smallest absolute Gasteiger partial charge is 0.224 e. The van der Waals surface area contributed by atoms with E-state index in [0.29, 0.717) is 6.04 Å². The van der Waals surface area contributed by atoms with E-state index in [4.69, 9.17) is 0 Å². The maximum Gasteiger partial charge on any atom is 0.224 e. The number of aryl methyl sites for hydroxylation is 2. The Morgan fingerprint density at radius 3 is 2.95 bits per heavy atom. The van der Waals surface area contributed by atoms with E-state index < -0.39 is 0 Å². The number of amides is 1. The average molecular weight is 355 g/mol. The van der Waals surface area contributed by atoms with Gasteiger partial charge in [-0.15, -0.1) is 0 Å². The zero-order valence-corrected chi connectivity index (χ0v) is 14.3. The zero-order chi connectivity index (χ0) is 15.0. The number of carbonyl (C=O) groups excluding carboxylic acids is 1. The highest BCUT2D eigenvalue weighted by molar-refractivity contribution is 9.10. The van der Waals surface area contributed by atoms with E-state index in [1.54, 1.807) is 0 Å². The van der Waals surface area contributed by atoms with Crippen LogP contribution in [0.1, 0.15) is 38.1 Å². The molecule has 1 aromatic rings. The molecule has 2 aliphatic heterocycles. The Balaban J connectivity index is 1.83. The molecule has 1 aromatic heterocycles. The summed E-state index contributed by atoms with van der Waals surface area (Å²) < 4.78 is 3.24. The van der Waals surface area contributed by atoms with Crippen LogP contribution in [-0.4, -0.2) is 39.7 Å². The van der Waals surface area contributed by atoms with Crippen molar-refractivity contribution in [2.45, 2.75) is 52.2 Å². The normalized spacial score (nSPS) is 26.0. The number of fused-ring (bicyclic) bond motifs is 1. The van der Waals surface area contributed by atoms with Crippen LogP contribution in [0.2, 0.25) is 0 Å². The molecule has 1 N–H and O–H groups in total. The largest absolute Gasteiger partial charge is 0.354 e. The zero-order valence-electron chi connectivity index (χ0n) is 12.7. The van der Waals surface area contributed by atoms with Gasteiger partial charge in [0, 0.05) is 25.7 Å². The molecule has 3 heterocycles. The van der Waals surface area contributed by atoms with Gasteiger partial charge in [-0.1, -0.05) is 6.92 Å². The molecule has 3 rings (SSSR count). The summed E-state index contributed by atoms with van der Waals surface area (Å²) >= 11 is 3.72. The van der Waals surface area contributed by atoms with Crippen molar-refractivity contribution < 1.29 is 4.79 Å². The Bertz CT molecular complexity index is 542. The van der Waals surface area contributed by atoms with E-state index in [1.807, 2.05) is 0 Å². The van der Waals surface area contributed by atoms with Gasteiger partial charge in [-0.05, 0) is 48.7 Å². The maximum absolute atomic E-state index is 11.9. The summed E-state index contributed by atoms with van der Waals surface area (Å²) in [5.41, 5.74) is 2.37. The number of likely N-dealkylation sites (tertiary alicyclic amines) is 1. The highest BCUT2D eigenvalue weighted by Crippen LogP contribution is 2.31. The fourth-order valence-corrected chi connectivity index (χ4v) is 4.29. The number of halogens is 1. The lowest BCUT2D eigenvalue weighted by atomic mass is 9.91. The number of hydrogen-bond donors (Lipinski definition) is 1. The Hall–Kier alpha value is -0.880. The van der Waals surface area contributed by atoms with Gasteiger partial charge in [-0.3, -0.25) is 14.4 Å². The first-order valence-electron chi connectivity index (χ1n) is 7.91. The number of piperidine rings is 1. The molecular weight excluding hydrogens is 332 g/mol. The molecule has 2 atom stereocenters. The number of carbonyl (C=O) groups is 1. The van der Waals surface area contributed by atoms with Crippen molar-refractivity contribution >= 4 is 21.8 Å². The molecule has 0 bridgehead atoms. The highest BCUT2D eigenvalue weighted by Gasteiger charge is 2.41. The topological polar surface area (TPSA) is 50.2 Å². The molecule has 0 radical (unpaired) electrons. The number of hydrogen-bond acceptors (Lipinski definition) is 3. The van der Waals surface area contributed by atoms with Crippen LogP contribution in [0.4, 0.5) is 0 Å². The third-order valence-electron chi connectivity index (χ3n) is 4.76. The molecule has 1 amide bonds. The third-order valence-corrected chi connectivity index (χ3v) is 5.68. The van der Waals surface area contributed by atoms with Crippen molar-refractivity contribution in [1.82, 2.24) is 20.0 Å². The average Bonchev–Trinajstić information content (AvgIpc) is 3.02. The van der Waals surface area contributed by atoms with E-state index in [0.717, 1.165) is 55.6 Å². The molecule has 116 valence electrons. The van der Waals surface area contributed by atoms with Crippen LogP contribution in [-0.2, 0) is 24.3 Å². The predicted octanol–water partition coefficient (Wildman–Crippen LogP) is 1.94. The molecule has 2 aliphatic rings. The standard InChI is InChI=1S/C15H23BrN4O/c1-3-11-14(16)13(20(4-2)18-11)9-19-7-5-6-10-12(19)8-17-15(10)21/h10,12H,3-9H2,1-2H3,(H,17,21). The minimum atomic E-state index is 0.182. The van der Waals surface area contributed by atoms with Crippen LogP contribution < -0.4 is 5.32 Å². The number of nitrogens with one attached hydrogen (secondary N) is 1. The molecule has 2 unspecified atom stereocenters. The van der Waals surface area contributed by atoms with E-state index in [9.17, 15) is 4.79 Å². The Morgan fingerprint density at radius 2 is 2.24 bits per heavy atom. The molecule has 21 heavy (non-hydrogen) atoms. The number of rotatable bonds is 4. The summed E-state index contributed by atoms with van der Waals surface area (Å²) in [7, 11) is 0. The van der Waals surface area contributed by atoms with Gasteiger partial charge in [0.05, 0.1) is 21.8 Å². The predicted molar refractivity (Wildman–Crippen MR) is 84.9 cm³/mol. The van der Waals surface area contributed by atoms with Crippen molar-refractivity contribution in [3.8, 4) is 0 Å². The van der Waals surface area contributed by atoms with E-state index in [1.165, 1.54) is 5.69 Å². The second kappa shape index (κ2) is 6.08. The molecule has 6 heteroatoms. The van der Waals surface area contributed by atoms with Crippen LogP contribution in [0.15, 0.2) is 4.47 Å². The van der Waals surface area contributed by atoms with Gasteiger partial charge < -0.3 is 5.32 Å². The SMILES string of the molecule is CCc1nn(CC)c(CN2CCCC3C(=O)NCC32)c1Br. The number of aromatic nitrogens is 2. The van der Waals surface area contributed by atoms with E-state index in [2.05, 4.69) is 49.8 Å². The van der Waals surface area contributed by atoms with Crippen molar-refractivity contribution in [3.63, 3.8) is 0 Å². The summed E-state index contributed by atoms with van der Waals surface area (Å²) in [6.07, 6.45) is 3.07. The molecule has 0 spiro atoms. The molecule has 2 saturated heterocycles. The molecule has 0 aliphatic carbocycles. The van der Waals surface area contributed by atoms with Gasteiger partial charge in [-0.25, -0.2) is 0 Å². The van der Waals surface area contributed by atoms with Crippen LogP contribution >= 0.6 is 15.9 Å². The summed E-state index contributed by atoms with van der Waals surface area (Å²) in [4.78, 5) is 14.3. The van der Waals surface area contributed by atoms with Gasteiger partial charge in [0.1, 0.15) is 0 Å². The van der Waals surface area contributed by atoms with E-state index >= 15 is 0 Å². The quantitative estimate of drug-likeness (QED) is 0.898. The minimum Gasteiger partial charge on any atom is -0.354 e. The summed E-state index contributed by atoms with van der Waals surface area (Å²) in [5.74, 6) is 0.420. The van der Waals surface area contributed by atoms with Crippen molar-refractivity contribution in [3.05, 3.63) is 15.9 Å². The Labute approximate surface area is 134 Å². The molecule has 0 saturated carbocycles. The second-order valence-corrected chi connectivity index (χ2v) is 6.70. The second-order valence-electron chi connectivity index (χ2n) is 5.91. The Morgan fingerprint density at radius 1 is 1.43 bits per heavy atom. The van der Waals surface area contributed by atoms with Crippen LogP contribution in [0.5, 0.6) is 0 Å². The summed E-state index contributed by atoms with van der Waals surface area (Å²) in [6, 6.07) is 0.350. The lowest BCUT2D eigenvalue weighted by Crippen LogP contribution is -2.45. The lowest BCUT2D eigenvalue weighted by molar-refractivity contribution is -0.124. The lowest BCUT2D eigenvalue weighted by Gasteiger charge is -2.35. The van der Waals surface area contributed by atoms with Gasteiger partial charge in [0.2, 0.25) is 5.91 Å². The summed E-state index contributed by atoms with van der Waals surface area (Å²) in [6.45, 7) is 7.88. The van der Waals surface area contributed by atoms with Crippen LogP contribution in [0.25, 0.3) is 0 Å². The van der Waals surface area contributed by atoms with Gasteiger partial charge >= 0.3 is 0 Å². The van der Waals surface area contributed by atoms with Gasteiger partial charge in [0.15, 0.2) is 0 Å². The van der Waals surface area contributed by atoms with Crippen LogP contribution in [0.3, 0.4) is 0 Å². The first-order valence-corrected chi connectivity index (χ1v) is 8.70. The molecule has 2 fully saturated rings. The fraction of sp³-hybridized carbons (Fsp3) is 0.733. The number of nitrogens with zero attached hydrogens (tertiary/aromatic N) is 3. The van der Waals surface area contributed by atoms with Crippen LogP contribution in [0, 0.1) is 5.92 Å². The van der Waals surface area contributed by atoms with Crippen molar-refractivity contribution in [2.75, 3.05) is 13.1 Å². The van der Waals surface area contributed by atoms with Crippen molar-refractivity contribution in [1.29, 1.82) is 0 Å². The minimum absolute atomic E-state index is 0.182. The Kier molecular flexibility index (Phi) is 4.36.